The Morgan fingerprint density at radius 1 is 0.565 bits per heavy atom. The summed E-state index contributed by atoms with van der Waals surface area (Å²) in [5.74, 6) is -0.890. The lowest BCUT2D eigenvalue weighted by atomic mass is 10.2. The smallest absolute Gasteiger partial charge is 0.325 e. The van der Waals surface area contributed by atoms with Gasteiger partial charge in [0.25, 0.3) is 0 Å². The Balaban J connectivity index is 2.25. The van der Waals surface area contributed by atoms with Crippen molar-refractivity contribution >= 4 is 51.2 Å². The van der Waals surface area contributed by atoms with Gasteiger partial charge < -0.3 is 43.0 Å². The van der Waals surface area contributed by atoms with Crippen LogP contribution in [0.25, 0.3) is 0 Å². The number of unbranched alkanes of at least 4 members (excludes halogenated alkanes) is 3. The molecule has 0 spiro atoms. The van der Waals surface area contributed by atoms with E-state index in [0.29, 0.717) is 35.2 Å². The standard InChI is InChI=1S/C32H43BrN2O11/c1-40-29(36)20-34(21-30(37)41-2)25-11-7-8-12-27(25)45-17-18-46-28-19-24(44-16-10-6-5-9-15-33)13-14-26(28)35(22-31(38)42-3)23-32(39)43-4/h7-8,11-14,19H,5-6,9-10,15-18,20-23H2,1-4H3. The molecule has 14 heteroatoms. The zero-order valence-electron chi connectivity index (χ0n) is 26.8. The highest BCUT2D eigenvalue weighted by Gasteiger charge is 2.22. The van der Waals surface area contributed by atoms with E-state index in [4.69, 9.17) is 33.2 Å². The maximum Gasteiger partial charge on any atom is 0.325 e. The molecule has 0 N–H and O–H groups in total. The van der Waals surface area contributed by atoms with Gasteiger partial charge in [-0.2, -0.15) is 0 Å². The fourth-order valence-electron chi connectivity index (χ4n) is 4.18. The Labute approximate surface area is 278 Å². The molecule has 0 aliphatic heterocycles. The predicted molar refractivity (Wildman–Crippen MR) is 174 cm³/mol. The Morgan fingerprint density at radius 2 is 1.04 bits per heavy atom. The number of methoxy groups -OCH3 is 4. The predicted octanol–water partition coefficient (Wildman–Crippen LogP) is 3.78. The molecular weight excluding hydrogens is 668 g/mol. The van der Waals surface area contributed by atoms with Gasteiger partial charge in [-0.3, -0.25) is 19.2 Å². The number of hydrogen-bond acceptors (Lipinski definition) is 13. The van der Waals surface area contributed by atoms with Crippen molar-refractivity contribution < 1.29 is 52.3 Å². The minimum absolute atomic E-state index is 0.0512. The normalized spacial score (nSPS) is 10.4. The van der Waals surface area contributed by atoms with Crippen LogP contribution in [0.15, 0.2) is 42.5 Å². The first-order valence-electron chi connectivity index (χ1n) is 14.7. The monoisotopic (exact) mass is 710 g/mol. The number of benzene rings is 2. The molecule has 2 aromatic rings. The van der Waals surface area contributed by atoms with Crippen LogP contribution in [0.5, 0.6) is 17.2 Å². The Morgan fingerprint density at radius 3 is 1.57 bits per heavy atom. The molecule has 254 valence electrons. The van der Waals surface area contributed by atoms with E-state index in [1.54, 1.807) is 42.5 Å². The van der Waals surface area contributed by atoms with Gasteiger partial charge in [0.2, 0.25) is 0 Å². The fourth-order valence-corrected chi connectivity index (χ4v) is 4.58. The molecule has 0 aliphatic carbocycles. The lowest BCUT2D eigenvalue weighted by molar-refractivity contribution is -0.141. The van der Waals surface area contributed by atoms with Crippen molar-refractivity contribution in [3.8, 4) is 17.2 Å². The van der Waals surface area contributed by atoms with E-state index in [1.165, 1.54) is 38.2 Å². The summed E-state index contributed by atoms with van der Waals surface area (Å²) < 4.78 is 37.3. The number of rotatable bonds is 22. The van der Waals surface area contributed by atoms with E-state index >= 15 is 0 Å². The molecular formula is C32H43BrN2O11. The first-order chi connectivity index (χ1) is 22.3. The number of alkyl halides is 1. The van der Waals surface area contributed by atoms with Crippen LogP contribution >= 0.6 is 15.9 Å². The largest absolute Gasteiger partial charge is 0.493 e. The lowest BCUT2D eigenvalue weighted by Gasteiger charge is -2.26. The number of carbonyl (C=O) groups excluding carboxylic acids is 4. The van der Waals surface area contributed by atoms with Crippen LogP contribution in [-0.4, -0.2) is 104 Å². The summed E-state index contributed by atoms with van der Waals surface area (Å²) in [5, 5.41) is 0.970. The summed E-state index contributed by atoms with van der Waals surface area (Å²) in [6, 6.07) is 12.0. The molecule has 0 bridgehead atoms. The quantitative estimate of drug-likeness (QED) is 0.0759. The highest BCUT2D eigenvalue weighted by Crippen LogP contribution is 2.33. The van der Waals surface area contributed by atoms with Crippen molar-refractivity contribution in [1.82, 2.24) is 0 Å². The van der Waals surface area contributed by atoms with Crippen LogP contribution in [-0.2, 0) is 38.1 Å². The summed E-state index contributed by atoms with van der Waals surface area (Å²) in [6.07, 6.45) is 4.13. The number of nitrogens with zero attached hydrogens (tertiary/aromatic N) is 2. The lowest BCUT2D eigenvalue weighted by Crippen LogP contribution is -2.36. The molecule has 0 aliphatic rings. The van der Waals surface area contributed by atoms with Gasteiger partial charge >= 0.3 is 23.9 Å². The number of hydrogen-bond donors (Lipinski definition) is 0. The third kappa shape index (κ3) is 13.4. The zero-order valence-corrected chi connectivity index (χ0v) is 28.4. The minimum Gasteiger partial charge on any atom is -0.493 e. The third-order valence-electron chi connectivity index (χ3n) is 6.56. The summed E-state index contributed by atoms with van der Waals surface area (Å²) >= 11 is 3.44. The number of esters is 4. The highest BCUT2D eigenvalue weighted by molar-refractivity contribution is 9.09. The average molecular weight is 712 g/mol. The Bertz CT molecular complexity index is 1220. The number of carbonyl (C=O) groups is 4. The van der Waals surface area contributed by atoms with Crippen molar-refractivity contribution in [2.75, 3.05) is 89.6 Å². The molecule has 0 fully saturated rings. The van der Waals surface area contributed by atoms with Crippen molar-refractivity contribution in [3.63, 3.8) is 0 Å². The third-order valence-corrected chi connectivity index (χ3v) is 7.12. The maximum atomic E-state index is 12.2. The summed E-state index contributed by atoms with van der Waals surface area (Å²) in [6.45, 7) is -0.228. The first-order valence-corrected chi connectivity index (χ1v) is 15.8. The van der Waals surface area contributed by atoms with Crippen LogP contribution < -0.4 is 24.0 Å². The molecule has 0 saturated carbocycles. The second kappa shape index (κ2) is 21.5. The average Bonchev–Trinajstić information content (AvgIpc) is 3.07. The second-order valence-corrected chi connectivity index (χ2v) is 10.6. The van der Waals surface area contributed by atoms with Crippen molar-refractivity contribution in [1.29, 1.82) is 0 Å². The molecule has 0 saturated heterocycles. The number of ether oxygens (including phenoxy) is 7. The first kappa shape index (κ1) is 38.0. The van der Waals surface area contributed by atoms with Gasteiger partial charge in [-0.15, -0.1) is 0 Å². The second-order valence-electron chi connectivity index (χ2n) is 9.76. The summed E-state index contributed by atoms with van der Waals surface area (Å²) in [4.78, 5) is 51.5. The molecule has 0 atom stereocenters. The van der Waals surface area contributed by atoms with Gasteiger partial charge in [0.15, 0.2) is 0 Å². The molecule has 0 amide bonds. The van der Waals surface area contributed by atoms with Crippen LogP contribution in [0, 0.1) is 0 Å². The number of para-hydroxylation sites is 2. The van der Waals surface area contributed by atoms with Crippen molar-refractivity contribution in [2.24, 2.45) is 0 Å². The number of halogens is 1. The summed E-state index contributed by atoms with van der Waals surface area (Å²) in [5.41, 5.74) is 0.927. The number of anilines is 2. The van der Waals surface area contributed by atoms with E-state index in [1.807, 2.05) is 0 Å². The van der Waals surface area contributed by atoms with Gasteiger partial charge in [-0.25, -0.2) is 0 Å². The summed E-state index contributed by atoms with van der Waals surface area (Å²) in [7, 11) is 5.04. The highest BCUT2D eigenvalue weighted by atomic mass is 79.9. The van der Waals surface area contributed by atoms with Crippen LogP contribution in [0.1, 0.15) is 25.7 Å². The van der Waals surface area contributed by atoms with Gasteiger partial charge in [-0.05, 0) is 37.1 Å². The molecule has 0 heterocycles. The van der Waals surface area contributed by atoms with E-state index in [2.05, 4.69) is 15.9 Å². The van der Waals surface area contributed by atoms with Crippen molar-refractivity contribution in [2.45, 2.75) is 25.7 Å². The fraction of sp³-hybridized carbons (Fsp3) is 0.500. The Kier molecular flexibility index (Phi) is 17.8. The molecule has 0 radical (unpaired) electrons. The van der Waals surface area contributed by atoms with E-state index in [0.717, 1.165) is 31.0 Å². The molecule has 0 unspecified atom stereocenters. The topological polar surface area (TPSA) is 139 Å². The molecule has 13 nitrogen and oxygen atoms in total. The van der Waals surface area contributed by atoms with E-state index in [-0.39, 0.29) is 39.4 Å². The molecule has 46 heavy (non-hydrogen) atoms. The van der Waals surface area contributed by atoms with Crippen LogP contribution in [0.2, 0.25) is 0 Å². The van der Waals surface area contributed by atoms with Gasteiger partial charge in [0.05, 0.1) is 46.4 Å². The van der Waals surface area contributed by atoms with E-state index < -0.39 is 23.9 Å². The van der Waals surface area contributed by atoms with Gasteiger partial charge in [-0.1, -0.05) is 40.9 Å². The van der Waals surface area contributed by atoms with Gasteiger partial charge in [0, 0.05) is 11.4 Å². The van der Waals surface area contributed by atoms with Crippen LogP contribution in [0.3, 0.4) is 0 Å². The van der Waals surface area contributed by atoms with Crippen molar-refractivity contribution in [3.05, 3.63) is 42.5 Å². The SMILES string of the molecule is COC(=O)CN(CC(=O)OC)c1ccccc1OCCOc1cc(OCCCCCCBr)ccc1N(CC(=O)OC)CC(=O)OC. The Hall–Kier alpha value is -4.20. The zero-order chi connectivity index (χ0) is 33.7. The van der Waals surface area contributed by atoms with Gasteiger partial charge in [0.1, 0.15) is 56.6 Å². The maximum absolute atomic E-state index is 12.2. The molecule has 2 aromatic carbocycles. The molecule has 0 aromatic heterocycles. The van der Waals surface area contributed by atoms with Crippen LogP contribution in [0.4, 0.5) is 11.4 Å². The van der Waals surface area contributed by atoms with E-state index in [9.17, 15) is 19.2 Å². The minimum atomic E-state index is -0.554. The molecule has 2 rings (SSSR count).